The summed E-state index contributed by atoms with van der Waals surface area (Å²) >= 11 is 0. The Morgan fingerprint density at radius 1 is 1.19 bits per heavy atom. The molecule has 2 aromatic carbocycles. The molecule has 0 aliphatic heterocycles. The molecular formula is C16H19N3O2. The van der Waals surface area contributed by atoms with Gasteiger partial charge in [-0.05, 0) is 30.7 Å². The third-order valence-electron chi connectivity index (χ3n) is 3.19. The molecule has 0 heterocycles. The van der Waals surface area contributed by atoms with Crippen molar-refractivity contribution in [3.8, 4) is 5.75 Å². The number of nitrogens with two attached hydrogens (primary N) is 1. The molecule has 1 unspecified atom stereocenters. The zero-order valence-corrected chi connectivity index (χ0v) is 11.8. The molecule has 0 aliphatic carbocycles. The quantitative estimate of drug-likeness (QED) is 0.678. The topological polar surface area (TPSA) is 87.4 Å². The van der Waals surface area contributed by atoms with Gasteiger partial charge in [-0.1, -0.05) is 31.2 Å². The van der Waals surface area contributed by atoms with E-state index in [4.69, 9.17) is 5.73 Å². The Labute approximate surface area is 123 Å². The summed E-state index contributed by atoms with van der Waals surface area (Å²) in [4.78, 5) is 10.9. The minimum atomic E-state index is -0.597. The molecule has 1 atom stereocenters. The summed E-state index contributed by atoms with van der Waals surface area (Å²) in [6.45, 7) is 2.04. The largest absolute Gasteiger partial charge is 0.508 e. The van der Waals surface area contributed by atoms with Crippen LogP contribution >= 0.6 is 0 Å². The lowest BCUT2D eigenvalue weighted by Crippen LogP contribution is -2.19. The van der Waals surface area contributed by atoms with Gasteiger partial charge in [-0.2, -0.15) is 0 Å². The van der Waals surface area contributed by atoms with Crippen molar-refractivity contribution in [2.24, 2.45) is 5.73 Å². The molecule has 0 saturated carbocycles. The molecule has 0 bridgehead atoms. The molecule has 5 heteroatoms. The van der Waals surface area contributed by atoms with Crippen LogP contribution in [0, 0.1) is 0 Å². The van der Waals surface area contributed by atoms with Crippen LogP contribution < -0.4 is 16.4 Å². The first kappa shape index (κ1) is 14.7. The highest BCUT2D eigenvalue weighted by Crippen LogP contribution is 2.29. The van der Waals surface area contributed by atoms with E-state index in [1.807, 2.05) is 31.2 Å². The van der Waals surface area contributed by atoms with Crippen molar-refractivity contribution in [1.82, 2.24) is 0 Å². The number of phenols is 1. The molecule has 5 nitrogen and oxygen atoms in total. The Morgan fingerprint density at radius 2 is 1.90 bits per heavy atom. The first-order valence-electron chi connectivity index (χ1n) is 6.81. The fraction of sp³-hybridized carbons (Fsp3) is 0.188. The maximum atomic E-state index is 10.9. The zero-order valence-electron chi connectivity index (χ0n) is 11.8. The second-order valence-electron chi connectivity index (χ2n) is 4.73. The van der Waals surface area contributed by atoms with Crippen molar-refractivity contribution in [3.05, 3.63) is 54.1 Å². The number of nitrogens with one attached hydrogen (secondary N) is 2. The summed E-state index contributed by atoms with van der Waals surface area (Å²) in [7, 11) is 0. The first-order valence-corrected chi connectivity index (χ1v) is 6.81. The van der Waals surface area contributed by atoms with Gasteiger partial charge in [0.2, 0.25) is 0 Å². The minimum absolute atomic E-state index is 0.0185. The summed E-state index contributed by atoms with van der Waals surface area (Å²) in [5, 5.41) is 15.8. The summed E-state index contributed by atoms with van der Waals surface area (Å²) in [6, 6.07) is 13.9. The third-order valence-corrected chi connectivity index (χ3v) is 3.19. The number of aromatic hydroxyl groups is 1. The van der Waals surface area contributed by atoms with Crippen molar-refractivity contribution >= 4 is 17.4 Å². The summed E-state index contributed by atoms with van der Waals surface area (Å²) in [6.07, 6.45) is 0.811. The average Bonchev–Trinajstić information content (AvgIpc) is 2.45. The van der Waals surface area contributed by atoms with Crippen LogP contribution in [0.4, 0.5) is 16.2 Å². The SMILES string of the molecule is CCC(Nc1cccc(NC(N)=O)c1)c1ccccc1O. The number of carbonyl (C=O) groups excluding carboxylic acids is 1. The van der Waals surface area contributed by atoms with Crippen LogP contribution in [0.1, 0.15) is 24.9 Å². The maximum Gasteiger partial charge on any atom is 0.316 e. The Kier molecular flexibility index (Phi) is 4.66. The Hall–Kier alpha value is -2.69. The van der Waals surface area contributed by atoms with E-state index in [0.29, 0.717) is 5.69 Å². The number of hydrogen-bond donors (Lipinski definition) is 4. The molecule has 0 fully saturated rings. The number of amides is 2. The molecule has 0 radical (unpaired) electrons. The molecule has 0 saturated heterocycles. The van der Waals surface area contributed by atoms with Crippen molar-refractivity contribution < 1.29 is 9.90 Å². The summed E-state index contributed by atoms with van der Waals surface area (Å²) in [5.74, 6) is 0.267. The molecular weight excluding hydrogens is 266 g/mol. The van der Waals surface area contributed by atoms with Crippen LogP contribution in [0.2, 0.25) is 0 Å². The fourth-order valence-electron chi connectivity index (χ4n) is 2.21. The van der Waals surface area contributed by atoms with Crippen LogP contribution in [-0.2, 0) is 0 Å². The fourth-order valence-corrected chi connectivity index (χ4v) is 2.21. The molecule has 0 aliphatic rings. The number of carbonyl (C=O) groups is 1. The van der Waals surface area contributed by atoms with Gasteiger partial charge in [0.05, 0.1) is 6.04 Å². The molecule has 0 aromatic heterocycles. The van der Waals surface area contributed by atoms with Gasteiger partial charge in [-0.3, -0.25) is 0 Å². The van der Waals surface area contributed by atoms with Gasteiger partial charge in [0.25, 0.3) is 0 Å². The standard InChI is InChI=1S/C16H19N3O2/c1-2-14(13-8-3-4-9-15(13)20)18-11-6-5-7-12(10-11)19-16(17)21/h3-10,14,18,20H,2H2,1H3,(H3,17,19,21). The van der Waals surface area contributed by atoms with E-state index in [1.54, 1.807) is 24.3 Å². The molecule has 110 valence electrons. The third kappa shape index (κ3) is 3.89. The lowest BCUT2D eigenvalue weighted by Gasteiger charge is -2.20. The molecule has 2 amide bonds. The lowest BCUT2D eigenvalue weighted by atomic mass is 10.0. The van der Waals surface area contributed by atoms with Gasteiger partial charge in [-0.25, -0.2) is 4.79 Å². The number of rotatable bonds is 5. The normalized spacial score (nSPS) is 11.7. The second-order valence-corrected chi connectivity index (χ2v) is 4.73. The zero-order chi connectivity index (χ0) is 15.2. The number of primary amides is 1. The highest BCUT2D eigenvalue weighted by atomic mass is 16.3. The Balaban J connectivity index is 2.19. The van der Waals surface area contributed by atoms with E-state index in [9.17, 15) is 9.90 Å². The predicted molar refractivity (Wildman–Crippen MR) is 84.4 cm³/mol. The van der Waals surface area contributed by atoms with Crippen molar-refractivity contribution in [3.63, 3.8) is 0 Å². The van der Waals surface area contributed by atoms with Crippen molar-refractivity contribution in [1.29, 1.82) is 0 Å². The molecule has 0 spiro atoms. The first-order chi connectivity index (χ1) is 10.1. The number of urea groups is 1. The Bertz CT molecular complexity index is 628. The van der Waals surface area contributed by atoms with Gasteiger partial charge in [-0.15, -0.1) is 0 Å². The number of para-hydroxylation sites is 1. The summed E-state index contributed by atoms with van der Waals surface area (Å²) < 4.78 is 0. The van der Waals surface area contributed by atoms with E-state index >= 15 is 0 Å². The van der Waals surface area contributed by atoms with Gasteiger partial charge in [0.15, 0.2) is 0 Å². The minimum Gasteiger partial charge on any atom is -0.508 e. The second kappa shape index (κ2) is 6.65. The van der Waals surface area contributed by atoms with Gasteiger partial charge in [0.1, 0.15) is 5.75 Å². The summed E-state index contributed by atoms with van der Waals surface area (Å²) in [5.41, 5.74) is 7.42. The smallest absolute Gasteiger partial charge is 0.316 e. The highest BCUT2D eigenvalue weighted by Gasteiger charge is 2.13. The number of hydrogen-bond acceptors (Lipinski definition) is 3. The Morgan fingerprint density at radius 3 is 2.57 bits per heavy atom. The molecule has 2 rings (SSSR count). The molecule has 2 aromatic rings. The number of anilines is 2. The van der Waals surface area contributed by atoms with Crippen LogP contribution in [-0.4, -0.2) is 11.1 Å². The van der Waals surface area contributed by atoms with Crippen LogP contribution in [0.5, 0.6) is 5.75 Å². The van der Waals surface area contributed by atoms with Crippen molar-refractivity contribution in [2.45, 2.75) is 19.4 Å². The number of phenolic OH excluding ortho intramolecular Hbond substituents is 1. The van der Waals surface area contributed by atoms with E-state index in [1.165, 1.54) is 0 Å². The maximum absolute atomic E-state index is 10.9. The highest BCUT2D eigenvalue weighted by molar-refractivity contribution is 5.88. The van der Waals surface area contributed by atoms with Crippen LogP contribution in [0.3, 0.4) is 0 Å². The predicted octanol–water partition coefficient (Wildman–Crippen LogP) is 3.45. The monoisotopic (exact) mass is 285 g/mol. The van der Waals surface area contributed by atoms with E-state index < -0.39 is 6.03 Å². The van der Waals surface area contributed by atoms with Gasteiger partial charge in [0, 0.05) is 16.9 Å². The number of benzene rings is 2. The van der Waals surface area contributed by atoms with Gasteiger partial charge < -0.3 is 21.5 Å². The van der Waals surface area contributed by atoms with Gasteiger partial charge >= 0.3 is 6.03 Å². The van der Waals surface area contributed by atoms with E-state index in [2.05, 4.69) is 10.6 Å². The van der Waals surface area contributed by atoms with Crippen LogP contribution in [0.15, 0.2) is 48.5 Å². The van der Waals surface area contributed by atoms with E-state index in [0.717, 1.165) is 17.7 Å². The van der Waals surface area contributed by atoms with Crippen LogP contribution in [0.25, 0.3) is 0 Å². The van der Waals surface area contributed by atoms with E-state index in [-0.39, 0.29) is 11.8 Å². The lowest BCUT2D eigenvalue weighted by molar-refractivity contribution is 0.259. The van der Waals surface area contributed by atoms with Crippen molar-refractivity contribution in [2.75, 3.05) is 10.6 Å². The molecule has 21 heavy (non-hydrogen) atoms. The average molecular weight is 285 g/mol. The molecule has 5 N–H and O–H groups in total.